The Morgan fingerprint density at radius 2 is 2.20 bits per heavy atom. The van der Waals surface area contributed by atoms with E-state index in [2.05, 4.69) is 15.3 Å². The average Bonchev–Trinajstić information content (AvgIpc) is 2.29. The van der Waals surface area contributed by atoms with Crippen molar-refractivity contribution >= 4 is 5.69 Å². The lowest BCUT2D eigenvalue weighted by Gasteiger charge is -2.03. The van der Waals surface area contributed by atoms with E-state index < -0.39 is 0 Å². The van der Waals surface area contributed by atoms with Crippen molar-refractivity contribution < 1.29 is 0 Å². The van der Waals surface area contributed by atoms with E-state index in [1.54, 1.807) is 0 Å². The predicted octanol–water partition coefficient (Wildman–Crippen LogP) is 1.48. The van der Waals surface area contributed by atoms with Crippen molar-refractivity contribution in [3.05, 3.63) is 47.0 Å². The Labute approximate surface area is 87.0 Å². The topological polar surface area (TPSA) is 57.8 Å². The molecule has 0 aliphatic carbocycles. The Hall–Kier alpha value is -2.10. The van der Waals surface area contributed by atoms with Crippen molar-refractivity contribution in [3.8, 4) is 11.3 Å². The van der Waals surface area contributed by atoms with Crippen LogP contribution in [0.1, 0.15) is 0 Å². The van der Waals surface area contributed by atoms with Gasteiger partial charge in [-0.1, -0.05) is 12.1 Å². The Balaban J connectivity index is 2.49. The molecule has 0 bridgehead atoms. The molecule has 4 heteroatoms. The van der Waals surface area contributed by atoms with Crippen LogP contribution in [0, 0.1) is 0 Å². The van der Waals surface area contributed by atoms with Crippen molar-refractivity contribution in [2.45, 2.75) is 0 Å². The predicted molar refractivity (Wildman–Crippen MR) is 59.8 cm³/mol. The summed E-state index contributed by atoms with van der Waals surface area (Å²) in [6.45, 7) is 0. The van der Waals surface area contributed by atoms with Gasteiger partial charge in [0.25, 0.3) is 5.56 Å². The molecule has 76 valence electrons. The molecule has 0 unspecified atom stereocenters. The van der Waals surface area contributed by atoms with Crippen LogP contribution in [0.4, 0.5) is 5.69 Å². The van der Waals surface area contributed by atoms with Gasteiger partial charge >= 0.3 is 0 Å². The van der Waals surface area contributed by atoms with Crippen LogP contribution in [0.15, 0.2) is 41.5 Å². The van der Waals surface area contributed by atoms with Crippen molar-refractivity contribution in [1.82, 2.24) is 9.97 Å². The molecule has 2 aromatic rings. The van der Waals surface area contributed by atoms with E-state index >= 15 is 0 Å². The van der Waals surface area contributed by atoms with Gasteiger partial charge in [0.2, 0.25) is 0 Å². The first kappa shape index (κ1) is 9.45. The van der Waals surface area contributed by atoms with Gasteiger partial charge in [-0.15, -0.1) is 0 Å². The fourth-order valence-corrected chi connectivity index (χ4v) is 1.36. The molecule has 2 N–H and O–H groups in total. The monoisotopic (exact) mass is 201 g/mol. The lowest BCUT2D eigenvalue weighted by molar-refractivity contribution is 1.12. The molecular weight excluding hydrogens is 190 g/mol. The Kier molecular flexibility index (Phi) is 2.49. The molecule has 0 saturated heterocycles. The SMILES string of the molecule is CNc1cccc(-c2cc(=O)[nH]cn2)c1. The zero-order chi connectivity index (χ0) is 10.7. The largest absolute Gasteiger partial charge is 0.388 e. The lowest BCUT2D eigenvalue weighted by atomic mass is 10.1. The number of rotatable bonds is 2. The summed E-state index contributed by atoms with van der Waals surface area (Å²) in [5, 5.41) is 3.04. The van der Waals surface area contributed by atoms with Crippen LogP contribution in [-0.4, -0.2) is 17.0 Å². The van der Waals surface area contributed by atoms with Gasteiger partial charge in [-0.05, 0) is 12.1 Å². The minimum atomic E-state index is -0.144. The van der Waals surface area contributed by atoms with Crippen molar-refractivity contribution in [2.75, 3.05) is 12.4 Å². The van der Waals surface area contributed by atoms with E-state index in [-0.39, 0.29) is 5.56 Å². The molecule has 0 spiro atoms. The summed E-state index contributed by atoms with van der Waals surface area (Å²) in [6.07, 6.45) is 1.41. The van der Waals surface area contributed by atoms with Crippen LogP contribution in [0.5, 0.6) is 0 Å². The van der Waals surface area contributed by atoms with Gasteiger partial charge in [-0.3, -0.25) is 4.79 Å². The summed E-state index contributed by atoms with van der Waals surface area (Å²) >= 11 is 0. The van der Waals surface area contributed by atoms with Gasteiger partial charge in [-0.25, -0.2) is 4.98 Å². The first-order valence-electron chi connectivity index (χ1n) is 4.62. The zero-order valence-corrected chi connectivity index (χ0v) is 8.32. The van der Waals surface area contributed by atoms with E-state index in [0.29, 0.717) is 5.69 Å². The zero-order valence-electron chi connectivity index (χ0n) is 8.32. The molecule has 1 heterocycles. The van der Waals surface area contributed by atoms with Crippen LogP contribution < -0.4 is 10.9 Å². The van der Waals surface area contributed by atoms with Crippen LogP contribution in [0.2, 0.25) is 0 Å². The van der Waals surface area contributed by atoms with Crippen LogP contribution in [0.3, 0.4) is 0 Å². The smallest absolute Gasteiger partial charge is 0.251 e. The minimum Gasteiger partial charge on any atom is -0.388 e. The molecule has 0 aliphatic heterocycles. The fraction of sp³-hybridized carbons (Fsp3) is 0.0909. The van der Waals surface area contributed by atoms with Gasteiger partial charge in [0.05, 0.1) is 12.0 Å². The highest BCUT2D eigenvalue weighted by Crippen LogP contribution is 2.18. The quantitative estimate of drug-likeness (QED) is 0.773. The number of nitrogens with one attached hydrogen (secondary N) is 2. The van der Waals surface area contributed by atoms with E-state index in [1.807, 2.05) is 31.3 Å². The van der Waals surface area contributed by atoms with Crippen molar-refractivity contribution in [1.29, 1.82) is 0 Å². The number of hydrogen-bond donors (Lipinski definition) is 2. The Morgan fingerprint density at radius 1 is 1.33 bits per heavy atom. The molecule has 1 aromatic carbocycles. The molecule has 4 nitrogen and oxygen atoms in total. The summed E-state index contributed by atoms with van der Waals surface area (Å²) in [5.74, 6) is 0. The fourth-order valence-electron chi connectivity index (χ4n) is 1.36. The summed E-state index contributed by atoms with van der Waals surface area (Å²) in [7, 11) is 1.85. The van der Waals surface area contributed by atoms with Crippen LogP contribution in [-0.2, 0) is 0 Å². The highest BCUT2D eigenvalue weighted by Gasteiger charge is 1.99. The second-order valence-electron chi connectivity index (χ2n) is 3.13. The molecular formula is C11H11N3O. The summed E-state index contributed by atoms with van der Waals surface area (Å²) in [5.41, 5.74) is 2.45. The molecule has 1 aromatic heterocycles. The Bertz CT molecular complexity index is 519. The number of H-pyrrole nitrogens is 1. The van der Waals surface area contributed by atoms with Crippen LogP contribution >= 0.6 is 0 Å². The average molecular weight is 201 g/mol. The number of hydrogen-bond acceptors (Lipinski definition) is 3. The Morgan fingerprint density at radius 3 is 2.93 bits per heavy atom. The third-order valence-electron chi connectivity index (χ3n) is 2.13. The van der Waals surface area contributed by atoms with E-state index in [9.17, 15) is 4.79 Å². The van der Waals surface area contributed by atoms with E-state index in [0.717, 1.165) is 11.3 Å². The van der Waals surface area contributed by atoms with Crippen LogP contribution in [0.25, 0.3) is 11.3 Å². The number of aromatic amines is 1. The second kappa shape index (κ2) is 3.96. The maximum atomic E-state index is 11.1. The lowest BCUT2D eigenvalue weighted by Crippen LogP contribution is -2.04. The number of anilines is 1. The van der Waals surface area contributed by atoms with Crippen molar-refractivity contribution in [2.24, 2.45) is 0 Å². The molecule has 2 rings (SSSR count). The summed E-state index contributed by atoms with van der Waals surface area (Å²) < 4.78 is 0. The van der Waals surface area contributed by atoms with Gasteiger partial charge < -0.3 is 10.3 Å². The maximum Gasteiger partial charge on any atom is 0.251 e. The molecule has 0 amide bonds. The maximum absolute atomic E-state index is 11.1. The molecule has 0 fully saturated rings. The second-order valence-corrected chi connectivity index (χ2v) is 3.13. The molecule has 15 heavy (non-hydrogen) atoms. The summed E-state index contributed by atoms with van der Waals surface area (Å²) in [6, 6.07) is 9.22. The number of nitrogens with zero attached hydrogens (tertiary/aromatic N) is 1. The third-order valence-corrected chi connectivity index (χ3v) is 2.13. The molecule has 0 radical (unpaired) electrons. The minimum absolute atomic E-state index is 0.144. The van der Waals surface area contributed by atoms with Gasteiger partial charge in [0.1, 0.15) is 0 Å². The summed E-state index contributed by atoms with van der Waals surface area (Å²) in [4.78, 5) is 17.7. The third kappa shape index (κ3) is 2.04. The van der Waals surface area contributed by atoms with Gasteiger partial charge in [0, 0.05) is 24.4 Å². The first-order valence-corrected chi connectivity index (χ1v) is 4.62. The first-order chi connectivity index (χ1) is 7.29. The van der Waals surface area contributed by atoms with E-state index in [4.69, 9.17) is 0 Å². The molecule has 0 aliphatic rings. The number of aromatic nitrogens is 2. The highest BCUT2D eigenvalue weighted by atomic mass is 16.1. The molecule has 0 saturated carbocycles. The van der Waals surface area contributed by atoms with Gasteiger partial charge in [-0.2, -0.15) is 0 Å². The normalized spacial score (nSPS) is 9.93. The molecule has 0 atom stereocenters. The van der Waals surface area contributed by atoms with Gasteiger partial charge in [0.15, 0.2) is 0 Å². The number of benzene rings is 1. The highest BCUT2D eigenvalue weighted by molar-refractivity contribution is 5.64. The van der Waals surface area contributed by atoms with E-state index in [1.165, 1.54) is 12.4 Å². The van der Waals surface area contributed by atoms with Crippen molar-refractivity contribution in [3.63, 3.8) is 0 Å². The standard InChI is InChI=1S/C11H11N3O/c1-12-9-4-2-3-8(5-9)10-6-11(15)14-7-13-10/h2-7,12H,1H3,(H,13,14,15).